The van der Waals surface area contributed by atoms with Crippen molar-refractivity contribution in [3.63, 3.8) is 0 Å². The van der Waals surface area contributed by atoms with Crippen molar-refractivity contribution < 1.29 is 57.5 Å². The lowest BCUT2D eigenvalue weighted by Gasteiger charge is -2.63. The van der Waals surface area contributed by atoms with Crippen LogP contribution in [0.25, 0.3) is 0 Å². The quantitative estimate of drug-likeness (QED) is 0.212. The Balaban J connectivity index is 1.77. The van der Waals surface area contributed by atoms with Gasteiger partial charge < -0.3 is 33.5 Å². The summed E-state index contributed by atoms with van der Waals surface area (Å²) in [6.45, 7) is 12.5. The Morgan fingerprint density at radius 1 is 0.957 bits per heavy atom. The van der Waals surface area contributed by atoms with Gasteiger partial charge in [0.2, 0.25) is 0 Å². The van der Waals surface area contributed by atoms with Crippen LogP contribution in [-0.2, 0) is 47.6 Å². The minimum atomic E-state index is -2.31. The maximum atomic E-state index is 13.4. The second-order valence-corrected chi connectivity index (χ2v) is 13.4. The molecule has 3 aliphatic heterocycles. The Morgan fingerprint density at radius 3 is 2.13 bits per heavy atom. The second kappa shape index (κ2) is 12.0. The van der Waals surface area contributed by atoms with Crippen molar-refractivity contribution in [3.8, 4) is 0 Å². The number of aliphatic hydroxyl groups is 1. The smallest absolute Gasteiger partial charge is 0.338 e. The van der Waals surface area contributed by atoms with E-state index >= 15 is 0 Å². The zero-order chi connectivity index (χ0) is 33.9. The Labute approximate surface area is 271 Å². The SMILES string of the molecule is C=C1[C@H](Cl)[C@@H]2OC(=O)[C@H](C)C23O[C@@]1(O)C[C@H](OC(C)=O)[C@]1(C)[C@H]([C@@H](C)[C@H](OC(=O)c2ccccc2)C[C@@H]1OC(C)=O)[C@H]3OC(C)=O. The van der Waals surface area contributed by atoms with Crippen LogP contribution >= 0.6 is 11.6 Å². The minimum absolute atomic E-state index is 0.0311. The van der Waals surface area contributed by atoms with E-state index in [1.807, 2.05) is 0 Å². The molecule has 0 amide bonds. The predicted octanol–water partition coefficient (Wildman–Crippen LogP) is 3.26. The molecule has 2 bridgehead atoms. The number of rotatable bonds is 5. The Kier molecular flexibility index (Phi) is 8.80. The van der Waals surface area contributed by atoms with E-state index < -0.39 is 107 Å². The lowest BCUT2D eigenvalue weighted by Crippen LogP contribution is -2.76. The van der Waals surface area contributed by atoms with Crippen LogP contribution in [0.5, 0.6) is 0 Å². The molecule has 13 heteroatoms. The zero-order valence-corrected chi connectivity index (χ0v) is 27.3. The third-order valence-electron chi connectivity index (χ3n) is 10.3. The average Bonchev–Trinajstić information content (AvgIpc) is 3.22. The molecule has 46 heavy (non-hydrogen) atoms. The summed E-state index contributed by atoms with van der Waals surface area (Å²) in [6, 6.07) is 8.31. The fourth-order valence-electron chi connectivity index (χ4n) is 8.07. The van der Waals surface area contributed by atoms with E-state index in [2.05, 4.69) is 6.58 Å². The van der Waals surface area contributed by atoms with E-state index in [1.165, 1.54) is 27.7 Å². The van der Waals surface area contributed by atoms with Crippen molar-refractivity contribution in [3.05, 3.63) is 48.0 Å². The van der Waals surface area contributed by atoms with Gasteiger partial charge in [-0.15, -0.1) is 11.6 Å². The molecule has 3 heterocycles. The number of carbonyl (C=O) groups is 5. The van der Waals surface area contributed by atoms with E-state index in [0.29, 0.717) is 0 Å². The molecule has 1 unspecified atom stereocenters. The standard InChI is InChI=1S/C33H39ClO12/c1-15-22(44-30(39)21-11-9-8-10-12-21)13-23(41-18(4)35)31(7)24(42-19(5)36)14-32(40)16(2)26(34)28-33(46-32,17(3)29(38)45-28)27(25(15)31)43-20(6)37/h8-12,15,17,22-28,40H,2,13-14H2,1,3-7H3/t15-,17-,22+,23-,24-,25+,26-,27+,28-,31+,32-,33?/m0/s1. The first-order valence-electron chi connectivity index (χ1n) is 15.2. The number of benzene rings is 1. The molecule has 1 N–H and O–H groups in total. The van der Waals surface area contributed by atoms with Crippen LogP contribution in [0.2, 0.25) is 0 Å². The Morgan fingerprint density at radius 2 is 1.54 bits per heavy atom. The van der Waals surface area contributed by atoms with Crippen LogP contribution in [0.4, 0.5) is 0 Å². The van der Waals surface area contributed by atoms with Crippen molar-refractivity contribution >= 4 is 41.4 Å². The van der Waals surface area contributed by atoms with Crippen LogP contribution in [0.15, 0.2) is 42.5 Å². The molecular weight excluding hydrogens is 624 g/mol. The summed E-state index contributed by atoms with van der Waals surface area (Å²) in [5.74, 6) is -8.67. The fourth-order valence-corrected chi connectivity index (χ4v) is 8.49. The van der Waals surface area contributed by atoms with Gasteiger partial charge in [-0.2, -0.15) is 0 Å². The summed E-state index contributed by atoms with van der Waals surface area (Å²) in [4.78, 5) is 64.9. The summed E-state index contributed by atoms with van der Waals surface area (Å²) in [7, 11) is 0. The number of halogens is 1. The van der Waals surface area contributed by atoms with Gasteiger partial charge >= 0.3 is 29.8 Å². The summed E-state index contributed by atoms with van der Waals surface area (Å²) in [5.41, 5.74) is -3.10. The highest BCUT2D eigenvalue weighted by atomic mass is 35.5. The van der Waals surface area contributed by atoms with Gasteiger partial charge in [0.25, 0.3) is 0 Å². The average molecular weight is 663 g/mol. The second-order valence-electron chi connectivity index (χ2n) is 13.0. The number of hydrogen-bond donors (Lipinski definition) is 1. The van der Waals surface area contributed by atoms with E-state index in [-0.39, 0.29) is 17.6 Å². The molecular formula is C33H39ClO12. The van der Waals surface area contributed by atoms with Gasteiger partial charge in [-0.1, -0.05) is 38.6 Å². The van der Waals surface area contributed by atoms with Crippen LogP contribution in [0, 0.1) is 23.2 Å². The molecule has 1 aromatic rings. The number of carbonyl (C=O) groups excluding carboxylic acids is 5. The monoisotopic (exact) mass is 662 g/mol. The molecule has 1 aliphatic carbocycles. The predicted molar refractivity (Wildman–Crippen MR) is 159 cm³/mol. The van der Waals surface area contributed by atoms with Crippen molar-refractivity contribution in [1.29, 1.82) is 0 Å². The third kappa shape index (κ3) is 5.28. The largest absolute Gasteiger partial charge is 0.462 e. The number of ether oxygens (including phenoxy) is 6. The number of alkyl halides is 1. The summed E-state index contributed by atoms with van der Waals surface area (Å²) >= 11 is 6.87. The van der Waals surface area contributed by atoms with E-state index in [9.17, 15) is 29.1 Å². The van der Waals surface area contributed by atoms with Crippen LogP contribution in [0.3, 0.4) is 0 Å². The highest BCUT2D eigenvalue weighted by Gasteiger charge is 2.77. The highest BCUT2D eigenvalue weighted by Crippen LogP contribution is 2.63. The number of hydrogen-bond acceptors (Lipinski definition) is 12. The van der Waals surface area contributed by atoms with Gasteiger partial charge in [-0.3, -0.25) is 19.2 Å². The summed E-state index contributed by atoms with van der Waals surface area (Å²) in [6.07, 6.45) is -6.47. The molecule has 250 valence electrons. The third-order valence-corrected chi connectivity index (χ3v) is 10.8. The molecule has 12 nitrogen and oxygen atoms in total. The van der Waals surface area contributed by atoms with Crippen molar-refractivity contribution in [2.75, 3.05) is 0 Å². The van der Waals surface area contributed by atoms with Crippen molar-refractivity contribution in [1.82, 2.24) is 0 Å². The van der Waals surface area contributed by atoms with Gasteiger partial charge in [0, 0.05) is 56.4 Å². The molecule has 1 spiro atoms. The molecule has 1 saturated carbocycles. The molecule has 4 aliphatic rings. The highest BCUT2D eigenvalue weighted by molar-refractivity contribution is 6.23. The fraction of sp³-hybridized carbons (Fsp3) is 0.606. The lowest BCUT2D eigenvalue weighted by atomic mass is 9.51. The first-order chi connectivity index (χ1) is 21.5. The molecule has 12 atom stereocenters. The van der Waals surface area contributed by atoms with Gasteiger partial charge in [0.1, 0.15) is 24.4 Å². The maximum Gasteiger partial charge on any atom is 0.338 e. The first-order valence-corrected chi connectivity index (χ1v) is 15.6. The number of esters is 5. The van der Waals surface area contributed by atoms with Crippen LogP contribution in [0.1, 0.15) is 64.7 Å². The Hall–Kier alpha value is -3.48. The number of fused-ring (bicyclic) bond motifs is 2. The molecule has 0 aromatic heterocycles. The molecule has 3 saturated heterocycles. The molecule has 4 fully saturated rings. The van der Waals surface area contributed by atoms with Crippen molar-refractivity contribution in [2.45, 2.75) is 102 Å². The van der Waals surface area contributed by atoms with Gasteiger partial charge in [0.15, 0.2) is 17.5 Å². The van der Waals surface area contributed by atoms with E-state index in [0.717, 1.165) is 0 Å². The topological polar surface area (TPSA) is 161 Å². The van der Waals surface area contributed by atoms with E-state index in [1.54, 1.807) is 44.2 Å². The molecule has 5 rings (SSSR count). The first kappa shape index (κ1) is 33.9. The van der Waals surface area contributed by atoms with E-state index in [4.69, 9.17) is 40.0 Å². The normalized spacial score (nSPS) is 41.4. The van der Waals surface area contributed by atoms with Crippen molar-refractivity contribution in [2.24, 2.45) is 23.2 Å². The van der Waals surface area contributed by atoms with Gasteiger partial charge in [-0.25, -0.2) is 4.79 Å². The summed E-state index contributed by atoms with van der Waals surface area (Å²) < 4.78 is 36.2. The van der Waals surface area contributed by atoms with Gasteiger partial charge in [0.05, 0.1) is 16.9 Å². The Bertz CT molecular complexity index is 1450. The minimum Gasteiger partial charge on any atom is -0.462 e. The summed E-state index contributed by atoms with van der Waals surface area (Å²) in [5, 5.41) is 11.0. The maximum absolute atomic E-state index is 13.4. The van der Waals surface area contributed by atoms with Crippen LogP contribution < -0.4 is 0 Å². The molecule has 0 radical (unpaired) electrons. The van der Waals surface area contributed by atoms with Crippen LogP contribution in [-0.4, -0.2) is 82.2 Å². The molecule has 1 aromatic carbocycles. The zero-order valence-electron chi connectivity index (χ0n) is 26.5. The van der Waals surface area contributed by atoms with Gasteiger partial charge in [-0.05, 0) is 19.1 Å². The lowest BCUT2D eigenvalue weighted by molar-refractivity contribution is -0.355.